The van der Waals surface area contributed by atoms with Crippen LogP contribution in [0.25, 0.3) is 6.08 Å². The van der Waals surface area contributed by atoms with Crippen LogP contribution in [0.4, 0.5) is 0 Å². The molecule has 1 aromatic carbocycles. The summed E-state index contributed by atoms with van der Waals surface area (Å²) in [4.78, 5) is 25.1. The van der Waals surface area contributed by atoms with Gasteiger partial charge in [0.25, 0.3) is 5.91 Å². The van der Waals surface area contributed by atoms with Gasteiger partial charge in [-0.3, -0.25) is 14.5 Å². The van der Waals surface area contributed by atoms with Crippen LogP contribution in [0, 0.1) is 0 Å². The third-order valence-electron chi connectivity index (χ3n) is 3.51. The van der Waals surface area contributed by atoms with Crippen LogP contribution in [-0.2, 0) is 9.59 Å². The topological polar surface area (TPSA) is 76.1 Å². The molecule has 2 rings (SSSR count). The van der Waals surface area contributed by atoms with Crippen LogP contribution in [-0.4, -0.2) is 46.0 Å². The lowest BCUT2D eigenvalue weighted by atomic mass is 10.2. The average Bonchev–Trinajstić information content (AvgIpc) is 2.84. The number of benzene rings is 1. The first-order valence-electron chi connectivity index (χ1n) is 8.33. The average molecular weight is 396 g/mol. The van der Waals surface area contributed by atoms with Gasteiger partial charge >= 0.3 is 5.97 Å². The Kier molecular flexibility index (Phi) is 7.47. The Morgan fingerprint density at radius 3 is 2.62 bits per heavy atom. The standard InChI is InChI=1S/C18H21NO5S2/c1-3-23-13-8-7-12(10-14(13)24-4-2)11-15-17(22)19(18(25)26-15)9-5-6-16(20)21/h7-8,10-11H,3-6,9H2,1-2H3,(H,20,21)/b15-11-. The summed E-state index contributed by atoms with van der Waals surface area (Å²) < 4.78 is 11.6. The van der Waals surface area contributed by atoms with E-state index >= 15 is 0 Å². The number of carbonyl (C=O) groups is 2. The Balaban J connectivity index is 2.16. The number of carboxylic acids is 1. The number of nitrogens with zero attached hydrogens (tertiary/aromatic N) is 1. The van der Waals surface area contributed by atoms with Crippen molar-refractivity contribution in [3.05, 3.63) is 28.7 Å². The summed E-state index contributed by atoms with van der Waals surface area (Å²) >= 11 is 6.47. The van der Waals surface area contributed by atoms with Crippen molar-refractivity contribution in [2.75, 3.05) is 19.8 Å². The van der Waals surface area contributed by atoms with E-state index in [0.717, 1.165) is 5.56 Å². The molecule has 0 atom stereocenters. The molecule has 140 valence electrons. The molecule has 1 aromatic rings. The molecule has 0 aromatic heterocycles. The van der Waals surface area contributed by atoms with Crippen LogP contribution in [0.5, 0.6) is 11.5 Å². The van der Waals surface area contributed by atoms with E-state index in [0.29, 0.717) is 46.9 Å². The summed E-state index contributed by atoms with van der Waals surface area (Å²) in [6, 6.07) is 5.49. The van der Waals surface area contributed by atoms with Crippen molar-refractivity contribution in [2.45, 2.75) is 26.7 Å². The van der Waals surface area contributed by atoms with E-state index < -0.39 is 5.97 Å². The highest BCUT2D eigenvalue weighted by atomic mass is 32.2. The van der Waals surface area contributed by atoms with Crippen molar-refractivity contribution in [1.82, 2.24) is 4.90 Å². The molecule has 8 heteroatoms. The first-order chi connectivity index (χ1) is 12.5. The zero-order valence-electron chi connectivity index (χ0n) is 14.7. The highest BCUT2D eigenvalue weighted by molar-refractivity contribution is 8.26. The summed E-state index contributed by atoms with van der Waals surface area (Å²) in [5.74, 6) is 0.203. The normalized spacial score (nSPS) is 15.6. The maximum absolute atomic E-state index is 12.5. The molecule has 1 heterocycles. The molecule has 0 spiro atoms. The van der Waals surface area contributed by atoms with Crippen molar-refractivity contribution < 1.29 is 24.2 Å². The largest absolute Gasteiger partial charge is 0.490 e. The summed E-state index contributed by atoms with van der Waals surface area (Å²) in [6.45, 7) is 5.15. The molecule has 1 fully saturated rings. The van der Waals surface area contributed by atoms with Crippen LogP contribution < -0.4 is 9.47 Å². The van der Waals surface area contributed by atoms with Crippen molar-refractivity contribution in [3.8, 4) is 11.5 Å². The minimum atomic E-state index is -0.885. The molecule has 0 aliphatic carbocycles. The maximum Gasteiger partial charge on any atom is 0.303 e. The van der Waals surface area contributed by atoms with Crippen LogP contribution >= 0.6 is 24.0 Å². The Hall–Kier alpha value is -2.06. The van der Waals surface area contributed by atoms with Gasteiger partial charge in [0.15, 0.2) is 11.5 Å². The highest BCUT2D eigenvalue weighted by Crippen LogP contribution is 2.35. The van der Waals surface area contributed by atoms with Gasteiger partial charge in [-0.1, -0.05) is 30.0 Å². The van der Waals surface area contributed by atoms with Gasteiger partial charge in [0.2, 0.25) is 0 Å². The van der Waals surface area contributed by atoms with Gasteiger partial charge in [0.1, 0.15) is 4.32 Å². The maximum atomic E-state index is 12.5. The van der Waals surface area contributed by atoms with Crippen LogP contribution in [0.1, 0.15) is 32.3 Å². The minimum absolute atomic E-state index is 0.00666. The monoisotopic (exact) mass is 395 g/mol. The zero-order chi connectivity index (χ0) is 19.1. The second-order valence-corrected chi connectivity index (χ2v) is 7.08. The van der Waals surface area contributed by atoms with Gasteiger partial charge in [0.05, 0.1) is 18.1 Å². The van der Waals surface area contributed by atoms with Gasteiger partial charge in [-0.05, 0) is 44.0 Å². The number of amides is 1. The molecule has 0 saturated carbocycles. The number of ether oxygens (including phenoxy) is 2. The van der Waals surface area contributed by atoms with Gasteiger partial charge in [-0.2, -0.15) is 0 Å². The molecule has 26 heavy (non-hydrogen) atoms. The molecule has 1 aliphatic rings. The molecule has 0 radical (unpaired) electrons. The van der Waals surface area contributed by atoms with E-state index in [1.54, 1.807) is 6.08 Å². The molecule has 0 unspecified atom stereocenters. The second kappa shape index (κ2) is 9.59. The molecule has 0 bridgehead atoms. The Bertz CT molecular complexity index is 732. The fourth-order valence-electron chi connectivity index (χ4n) is 2.39. The Morgan fingerprint density at radius 2 is 1.96 bits per heavy atom. The van der Waals surface area contributed by atoms with E-state index in [-0.39, 0.29) is 12.3 Å². The number of hydrogen-bond acceptors (Lipinski definition) is 6. The van der Waals surface area contributed by atoms with Crippen molar-refractivity contribution in [2.24, 2.45) is 0 Å². The third-order valence-corrected chi connectivity index (χ3v) is 4.89. The lowest BCUT2D eigenvalue weighted by molar-refractivity contribution is -0.137. The molecular weight excluding hydrogens is 374 g/mol. The molecule has 1 N–H and O–H groups in total. The first-order valence-corrected chi connectivity index (χ1v) is 9.55. The second-order valence-electron chi connectivity index (χ2n) is 5.40. The summed E-state index contributed by atoms with van der Waals surface area (Å²) in [7, 11) is 0. The predicted molar refractivity (Wildman–Crippen MR) is 106 cm³/mol. The van der Waals surface area contributed by atoms with E-state index in [2.05, 4.69) is 0 Å². The SMILES string of the molecule is CCOc1ccc(/C=C2\SC(=S)N(CCCC(=O)O)C2=O)cc1OCC. The van der Waals surface area contributed by atoms with Crippen molar-refractivity contribution in [3.63, 3.8) is 0 Å². The van der Waals surface area contributed by atoms with E-state index in [9.17, 15) is 9.59 Å². The Morgan fingerprint density at radius 1 is 1.27 bits per heavy atom. The van der Waals surface area contributed by atoms with E-state index in [1.165, 1.54) is 16.7 Å². The first kappa shape index (κ1) is 20.3. The Labute approximate surface area is 162 Å². The van der Waals surface area contributed by atoms with Crippen LogP contribution in [0.2, 0.25) is 0 Å². The summed E-state index contributed by atoms with van der Waals surface area (Å²) in [5, 5.41) is 8.72. The predicted octanol–water partition coefficient (Wildman–Crippen LogP) is 3.55. The number of carbonyl (C=O) groups excluding carboxylic acids is 1. The smallest absolute Gasteiger partial charge is 0.303 e. The summed E-state index contributed by atoms with van der Waals surface area (Å²) in [5.41, 5.74) is 0.808. The molecule has 1 saturated heterocycles. The fraction of sp³-hybridized carbons (Fsp3) is 0.389. The molecule has 1 aliphatic heterocycles. The molecule has 6 nitrogen and oxygen atoms in total. The number of thiocarbonyl (C=S) groups is 1. The zero-order valence-corrected chi connectivity index (χ0v) is 16.3. The number of carboxylic acid groups (broad SMARTS) is 1. The van der Waals surface area contributed by atoms with E-state index in [1.807, 2.05) is 32.0 Å². The minimum Gasteiger partial charge on any atom is -0.490 e. The van der Waals surface area contributed by atoms with Crippen molar-refractivity contribution >= 4 is 46.3 Å². The van der Waals surface area contributed by atoms with Crippen LogP contribution in [0.3, 0.4) is 0 Å². The summed E-state index contributed by atoms with van der Waals surface area (Å²) in [6.07, 6.45) is 2.13. The van der Waals surface area contributed by atoms with Crippen molar-refractivity contribution in [1.29, 1.82) is 0 Å². The van der Waals surface area contributed by atoms with Gasteiger partial charge in [-0.15, -0.1) is 0 Å². The number of aliphatic carboxylic acids is 1. The quantitative estimate of drug-likeness (QED) is 0.506. The number of rotatable bonds is 9. The lowest BCUT2D eigenvalue weighted by Gasteiger charge is -2.13. The molecule has 1 amide bonds. The third kappa shape index (κ3) is 5.22. The van der Waals surface area contributed by atoms with Gasteiger partial charge in [-0.25, -0.2) is 0 Å². The number of thioether (sulfide) groups is 1. The molecular formula is C18H21NO5S2. The van der Waals surface area contributed by atoms with Gasteiger partial charge < -0.3 is 14.6 Å². The van der Waals surface area contributed by atoms with Crippen LogP contribution in [0.15, 0.2) is 23.1 Å². The fourth-order valence-corrected chi connectivity index (χ4v) is 3.70. The lowest BCUT2D eigenvalue weighted by Crippen LogP contribution is -2.29. The number of hydrogen-bond donors (Lipinski definition) is 1. The van der Waals surface area contributed by atoms with Gasteiger partial charge in [0, 0.05) is 13.0 Å². The highest BCUT2D eigenvalue weighted by Gasteiger charge is 2.31. The van der Waals surface area contributed by atoms with E-state index in [4.69, 9.17) is 26.8 Å².